The van der Waals surface area contributed by atoms with Gasteiger partial charge in [0.05, 0.1) is 5.92 Å². The smallest absolute Gasteiger partial charge is 0.307 e. The van der Waals surface area contributed by atoms with Crippen molar-refractivity contribution in [2.24, 2.45) is 17.6 Å². The summed E-state index contributed by atoms with van der Waals surface area (Å²) in [5.41, 5.74) is 11.1. The molecule has 1 aromatic carbocycles. The lowest BCUT2D eigenvalue weighted by molar-refractivity contribution is -0.142. The molecule has 0 aromatic heterocycles. The largest absolute Gasteiger partial charge is 0.481 e. The average molecular weight is 305 g/mol. The second kappa shape index (κ2) is 8.94. The Labute approximate surface area is 134 Å². The molecular formula is C19H31NO2. The minimum Gasteiger partial charge on any atom is -0.481 e. The van der Waals surface area contributed by atoms with Crippen molar-refractivity contribution in [3.8, 4) is 0 Å². The lowest BCUT2D eigenvalue weighted by Gasteiger charge is -2.19. The number of carboxylic acids is 1. The van der Waals surface area contributed by atoms with Crippen LogP contribution in [0.25, 0.3) is 0 Å². The molecule has 0 fully saturated rings. The third kappa shape index (κ3) is 5.13. The van der Waals surface area contributed by atoms with E-state index in [4.69, 9.17) is 10.8 Å². The molecule has 1 rings (SSSR count). The van der Waals surface area contributed by atoms with E-state index >= 15 is 0 Å². The molecule has 124 valence electrons. The minimum absolute atomic E-state index is 0.238. The Morgan fingerprint density at radius 3 is 2.41 bits per heavy atom. The van der Waals surface area contributed by atoms with Gasteiger partial charge in [-0.25, -0.2) is 0 Å². The van der Waals surface area contributed by atoms with Gasteiger partial charge in [-0.15, -0.1) is 0 Å². The summed E-state index contributed by atoms with van der Waals surface area (Å²) < 4.78 is 0. The van der Waals surface area contributed by atoms with E-state index < -0.39 is 11.9 Å². The molecule has 1 aromatic rings. The molecule has 22 heavy (non-hydrogen) atoms. The Hall–Kier alpha value is -1.35. The fourth-order valence-electron chi connectivity index (χ4n) is 3.15. The Kier molecular flexibility index (Phi) is 7.60. The van der Waals surface area contributed by atoms with Gasteiger partial charge >= 0.3 is 5.97 Å². The number of hydrogen-bond donors (Lipinski definition) is 2. The highest BCUT2D eigenvalue weighted by atomic mass is 16.4. The number of rotatable bonds is 9. The zero-order valence-corrected chi connectivity index (χ0v) is 14.5. The van der Waals surface area contributed by atoms with Crippen LogP contribution < -0.4 is 5.73 Å². The highest BCUT2D eigenvalue weighted by molar-refractivity contribution is 5.70. The summed E-state index contributed by atoms with van der Waals surface area (Å²) in [7, 11) is 0. The molecule has 3 N–H and O–H groups in total. The predicted octanol–water partition coefficient (Wildman–Crippen LogP) is 4.01. The van der Waals surface area contributed by atoms with E-state index in [2.05, 4.69) is 39.8 Å². The Balaban J connectivity index is 2.58. The molecule has 0 aliphatic rings. The van der Waals surface area contributed by atoms with E-state index in [1.807, 2.05) is 0 Å². The van der Waals surface area contributed by atoms with Crippen molar-refractivity contribution in [1.29, 1.82) is 0 Å². The summed E-state index contributed by atoms with van der Waals surface area (Å²) in [6, 6.07) is 4.38. The van der Waals surface area contributed by atoms with Crippen molar-refractivity contribution < 1.29 is 9.90 Å². The number of nitrogens with two attached hydrogens (primary N) is 1. The topological polar surface area (TPSA) is 63.3 Å². The SMILES string of the molecule is CCC(CCCc1c(C)ccc(C)c1C)CC(CN)C(=O)O. The first-order valence-corrected chi connectivity index (χ1v) is 8.39. The second-order valence-electron chi connectivity index (χ2n) is 6.48. The lowest BCUT2D eigenvalue weighted by atomic mass is 9.87. The normalized spacial score (nSPS) is 13.9. The van der Waals surface area contributed by atoms with Crippen LogP contribution in [0, 0.1) is 32.6 Å². The third-order valence-corrected chi connectivity index (χ3v) is 4.97. The van der Waals surface area contributed by atoms with Crippen molar-refractivity contribution in [2.75, 3.05) is 6.54 Å². The Bertz CT molecular complexity index is 496. The van der Waals surface area contributed by atoms with Gasteiger partial charge in [0, 0.05) is 6.54 Å². The highest BCUT2D eigenvalue weighted by Gasteiger charge is 2.20. The van der Waals surface area contributed by atoms with Gasteiger partial charge in [-0.2, -0.15) is 0 Å². The van der Waals surface area contributed by atoms with Gasteiger partial charge in [0.15, 0.2) is 0 Å². The summed E-state index contributed by atoms with van der Waals surface area (Å²) in [5.74, 6) is -0.700. The van der Waals surface area contributed by atoms with Crippen LogP contribution in [-0.4, -0.2) is 17.6 Å². The van der Waals surface area contributed by atoms with E-state index in [-0.39, 0.29) is 6.54 Å². The maximum atomic E-state index is 11.1. The van der Waals surface area contributed by atoms with Gasteiger partial charge in [-0.3, -0.25) is 4.79 Å². The molecule has 0 spiro atoms. The molecular weight excluding hydrogens is 274 g/mol. The maximum Gasteiger partial charge on any atom is 0.307 e. The number of hydrogen-bond acceptors (Lipinski definition) is 2. The van der Waals surface area contributed by atoms with Crippen LogP contribution in [0.2, 0.25) is 0 Å². The average Bonchev–Trinajstić information content (AvgIpc) is 2.49. The van der Waals surface area contributed by atoms with E-state index in [0.717, 1.165) is 25.7 Å². The number of aryl methyl sites for hydroxylation is 2. The van der Waals surface area contributed by atoms with Crippen molar-refractivity contribution >= 4 is 5.97 Å². The van der Waals surface area contributed by atoms with Crippen LogP contribution in [0.15, 0.2) is 12.1 Å². The monoisotopic (exact) mass is 305 g/mol. The van der Waals surface area contributed by atoms with Crippen LogP contribution >= 0.6 is 0 Å². The summed E-state index contributed by atoms with van der Waals surface area (Å²) in [5, 5.41) is 9.14. The molecule has 0 bridgehead atoms. The standard InChI is InChI=1S/C19H31NO2/c1-5-16(11-17(12-20)19(21)22)7-6-8-18-14(3)10-9-13(2)15(18)4/h9-10,16-17H,5-8,11-12,20H2,1-4H3,(H,21,22). The molecule has 0 heterocycles. The summed E-state index contributed by atoms with van der Waals surface area (Å²) in [6.07, 6.45) is 4.99. The Morgan fingerprint density at radius 1 is 1.23 bits per heavy atom. The lowest BCUT2D eigenvalue weighted by Crippen LogP contribution is -2.25. The van der Waals surface area contributed by atoms with Gasteiger partial charge in [-0.05, 0) is 68.2 Å². The van der Waals surface area contributed by atoms with Crippen LogP contribution in [-0.2, 0) is 11.2 Å². The number of aliphatic carboxylic acids is 1. The molecule has 0 saturated carbocycles. The molecule has 3 heteroatoms. The zero-order chi connectivity index (χ0) is 16.7. The minimum atomic E-state index is -0.758. The molecule has 0 aliphatic heterocycles. The van der Waals surface area contributed by atoms with Crippen LogP contribution in [0.1, 0.15) is 54.9 Å². The van der Waals surface area contributed by atoms with Gasteiger partial charge in [-0.1, -0.05) is 31.9 Å². The summed E-state index contributed by atoms with van der Waals surface area (Å²) >= 11 is 0. The van der Waals surface area contributed by atoms with Gasteiger partial charge in [0.1, 0.15) is 0 Å². The van der Waals surface area contributed by atoms with Crippen molar-refractivity contribution in [2.45, 2.75) is 59.8 Å². The molecule has 3 nitrogen and oxygen atoms in total. The number of carboxylic acid groups (broad SMARTS) is 1. The van der Waals surface area contributed by atoms with Crippen molar-refractivity contribution in [3.05, 3.63) is 34.4 Å². The third-order valence-electron chi connectivity index (χ3n) is 4.97. The molecule has 2 atom stereocenters. The van der Waals surface area contributed by atoms with Crippen LogP contribution in [0.3, 0.4) is 0 Å². The quantitative estimate of drug-likeness (QED) is 0.724. The van der Waals surface area contributed by atoms with E-state index in [9.17, 15) is 4.79 Å². The van der Waals surface area contributed by atoms with E-state index in [1.165, 1.54) is 22.3 Å². The molecule has 0 amide bonds. The predicted molar refractivity (Wildman–Crippen MR) is 92.2 cm³/mol. The first-order valence-electron chi connectivity index (χ1n) is 8.39. The molecule has 0 aliphatic carbocycles. The van der Waals surface area contributed by atoms with Crippen LogP contribution in [0.5, 0.6) is 0 Å². The van der Waals surface area contributed by atoms with Crippen molar-refractivity contribution in [1.82, 2.24) is 0 Å². The second-order valence-corrected chi connectivity index (χ2v) is 6.48. The fourth-order valence-corrected chi connectivity index (χ4v) is 3.15. The Morgan fingerprint density at radius 2 is 1.86 bits per heavy atom. The van der Waals surface area contributed by atoms with Gasteiger partial charge < -0.3 is 10.8 Å². The number of benzene rings is 1. The first-order chi connectivity index (χ1) is 10.4. The van der Waals surface area contributed by atoms with E-state index in [0.29, 0.717) is 12.3 Å². The van der Waals surface area contributed by atoms with Crippen molar-refractivity contribution in [3.63, 3.8) is 0 Å². The first kappa shape index (κ1) is 18.7. The van der Waals surface area contributed by atoms with E-state index in [1.54, 1.807) is 0 Å². The molecule has 0 saturated heterocycles. The van der Waals surface area contributed by atoms with Crippen LogP contribution in [0.4, 0.5) is 0 Å². The van der Waals surface area contributed by atoms with Gasteiger partial charge in [0.25, 0.3) is 0 Å². The number of carbonyl (C=O) groups is 1. The van der Waals surface area contributed by atoms with Gasteiger partial charge in [0.2, 0.25) is 0 Å². The highest BCUT2D eigenvalue weighted by Crippen LogP contribution is 2.24. The summed E-state index contributed by atoms with van der Waals surface area (Å²) in [6.45, 7) is 8.91. The molecule has 2 unspecified atom stereocenters. The zero-order valence-electron chi connectivity index (χ0n) is 14.5. The fraction of sp³-hybridized carbons (Fsp3) is 0.632. The summed E-state index contributed by atoms with van der Waals surface area (Å²) in [4.78, 5) is 11.1. The maximum absolute atomic E-state index is 11.1. The molecule has 0 radical (unpaired) electrons.